The third-order valence-electron chi connectivity index (χ3n) is 3.48. The van der Waals surface area contributed by atoms with Crippen molar-refractivity contribution < 1.29 is 9.18 Å². The third-order valence-corrected chi connectivity index (χ3v) is 3.48. The minimum absolute atomic E-state index is 0.154. The number of halogens is 1. The molecule has 2 heterocycles. The lowest BCUT2D eigenvalue weighted by atomic mass is 10.2. The van der Waals surface area contributed by atoms with Crippen LogP contribution in [0.3, 0.4) is 0 Å². The normalized spacial score (nSPS) is 10.7. The fraction of sp³-hybridized carbons (Fsp3) is 0.125. The molecule has 0 fully saturated rings. The van der Waals surface area contributed by atoms with Crippen LogP contribution in [0.15, 0.2) is 52.3 Å². The lowest BCUT2D eigenvalue weighted by molar-refractivity contribution is -0.121. The van der Waals surface area contributed by atoms with Gasteiger partial charge in [-0.3, -0.25) is 23.9 Å². The summed E-state index contributed by atoms with van der Waals surface area (Å²) < 4.78 is 14.3. The van der Waals surface area contributed by atoms with E-state index < -0.39 is 22.8 Å². The molecule has 0 aliphatic rings. The molecule has 0 atom stereocenters. The van der Waals surface area contributed by atoms with Gasteiger partial charge in [0.1, 0.15) is 12.4 Å². The largest absolute Gasteiger partial charge is 0.350 e. The summed E-state index contributed by atoms with van der Waals surface area (Å²) >= 11 is 0. The van der Waals surface area contributed by atoms with Crippen LogP contribution in [0, 0.1) is 5.82 Å². The Labute approximate surface area is 134 Å². The molecule has 2 N–H and O–H groups in total. The first kappa shape index (κ1) is 15.6. The number of hydrogen-bond donors (Lipinski definition) is 2. The smallest absolute Gasteiger partial charge is 0.317 e. The monoisotopic (exact) mass is 328 g/mol. The Kier molecular flexibility index (Phi) is 4.19. The highest BCUT2D eigenvalue weighted by atomic mass is 19.1. The average molecular weight is 328 g/mol. The van der Waals surface area contributed by atoms with Gasteiger partial charge in [0.25, 0.3) is 0 Å². The molecule has 8 heteroatoms. The van der Waals surface area contributed by atoms with Crippen LogP contribution in [-0.4, -0.2) is 20.4 Å². The van der Waals surface area contributed by atoms with Gasteiger partial charge in [0.15, 0.2) is 0 Å². The number of nitrogens with zero attached hydrogens (tertiary/aromatic N) is 2. The van der Waals surface area contributed by atoms with Crippen LogP contribution >= 0.6 is 0 Å². The van der Waals surface area contributed by atoms with Crippen LogP contribution in [0.25, 0.3) is 11.0 Å². The predicted octanol–water partition coefficient (Wildman–Crippen LogP) is 0.540. The predicted molar refractivity (Wildman–Crippen MR) is 84.9 cm³/mol. The zero-order chi connectivity index (χ0) is 17.1. The van der Waals surface area contributed by atoms with Crippen molar-refractivity contribution in [2.45, 2.75) is 13.1 Å². The van der Waals surface area contributed by atoms with Crippen molar-refractivity contribution in [2.75, 3.05) is 0 Å². The first-order valence-corrected chi connectivity index (χ1v) is 7.12. The number of aromatic amines is 1. The van der Waals surface area contributed by atoms with Crippen LogP contribution in [0.4, 0.5) is 4.39 Å². The molecular formula is C16H13FN4O3. The maximum atomic E-state index is 13.3. The van der Waals surface area contributed by atoms with Gasteiger partial charge < -0.3 is 10.3 Å². The van der Waals surface area contributed by atoms with E-state index in [4.69, 9.17) is 0 Å². The molecule has 24 heavy (non-hydrogen) atoms. The van der Waals surface area contributed by atoms with Gasteiger partial charge in [-0.2, -0.15) is 0 Å². The van der Waals surface area contributed by atoms with E-state index in [9.17, 15) is 18.8 Å². The van der Waals surface area contributed by atoms with Gasteiger partial charge in [0.2, 0.25) is 5.91 Å². The van der Waals surface area contributed by atoms with Gasteiger partial charge in [-0.1, -0.05) is 0 Å². The Balaban J connectivity index is 1.86. The molecule has 7 nitrogen and oxygen atoms in total. The topological polar surface area (TPSA) is 96.9 Å². The summed E-state index contributed by atoms with van der Waals surface area (Å²) in [6.07, 6.45) is 3.20. The second-order valence-electron chi connectivity index (χ2n) is 5.14. The number of carbonyl (C=O) groups is 1. The maximum Gasteiger partial charge on any atom is 0.317 e. The highest BCUT2D eigenvalue weighted by Crippen LogP contribution is 2.10. The number of fused-ring (bicyclic) bond motifs is 1. The van der Waals surface area contributed by atoms with Crippen LogP contribution in [-0.2, 0) is 17.9 Å². The number of H-pyrrole nitrogens is 1. The van der Waals surface area contributed by atoms with Crippen LogP contribution in [0.1, 0.15) is 5.56 Å². The molecule has 1 aromatic carbocycles. The van der Waals surface area contributed by atoms with Crippen molar-refractivity contribution in [3.63, 3.8) is 0 Å². The molecule has 1 amide bonds. The maximum absolute atomic E-state index is 13.3. The number of aromatic nitrogens is 3. The minimum Gasteiger partial charge on any atom is -0.350 e. The standard InChI is InChI=1S/C16H13FN4O3/c17-11-1-2-13-12(7-11)20-15(23)16(24)21(13)9-14(22)19-8-10-3-5-18-6-4-10/h1-7H,8-9H2,(H,19,22)(H,20,23). The van der Waals surface area contributed by atoms with Crippen molar-refractivity contribution in [2.24, 2.45) is 0 Å². The summed E-state index contributed by atoms with van der Waals surface area (Å²) in [6.45, 7) is -0.0676. The fourth-order valence-corrected chi connectivity index (χ4v) is 2.31. The molecule has 0 spiro atoms. The molecule has 122 valence electrons. The van der Waals surface area contributed by atoms with E-state index in [0.717, 1.165) is 22.3 Å². The molecule has 3 aromatic rings. The highest BCUT2D eigenvalue weighted by Gasteiger charge is 2.12. The molecular weight excluding hydrogens is 315 g/mol. The van der Waals surface area contributed by atoms with E-state index in [-0.39, 0.29) is 24.1 Å². The number of rotatable bonds is 4. The number of hydrogen-bond acceptors (Lipinski definition) is 4. The van der Waals surface area contributed by atoms with Gasteiger partial charge in [0, 0.05) is 18.9 Å². The van der Waals surface area contributed by atoms with E-state index in [0.29, 0.717) is 0 Å². The Morgan fingerprint density at radius 1 is 1.21 bits per heavy atom. The van der Waals surface area contributed by atoms with Crippen LogP contribution in [0.5, 0.6) is 0 Å². The number of amides is 1. The Bertz CT molecular complexity index is 1010. The molecule has 3 rings (SSSR count). The van der Waals surface area contributed by atoms with Gasteiger partial charge in [-0.15, -0.1) is 0 Å². The van der Waals surface area contributed by atoms with E-state index in [1.165, 1.54) is 6.07 Å². The zero-order valence-electron chi connectivity index (χ0n) is 12.5. The van der Waals surface area contributed by atoms with Gasteiger partial charge >= 0.3 is 11.1 Å². The van der Waals surface area contributed by atoms with Crippen molar-refractivity contribution in [3.8, 4) is 0 Å². The van der Waals surface area contributed by atoms with Crippen molar-refractivity contribution in [1.82, 2.24) is 19.9 Å². The average Bonchev–Trinajstić information content (AvgIpc) is 2.58. The number of nitrogens with one attached hydrogen (secondary N) is 2. The summed E-state index contributed by atoms with van der Waals surface area (Å²) in [6, 6.07) is 7.10. The van der Waals surface area contributed by atoms with E-state index in [2.05, 4.69) is 15.3 Å². The quantitative estimate of drug-likeness (QED) is 0.683. The number of benzene rings is 1. The van der Waals surface area contributed by atoms with E-state index in [1.54, 1.807) is 24.5 Å². The van der Waals surface area contributed by atoms with Crippen molar-refractivity contribution >= 4 is 16.9 Å². The molecule has 0 aliphatic carbocycles. The zero-order valence-corrected chi connectivity index (χ0v) is 12.5. The minimum atomic E-state index is -0.907. The highest BCUT2D eigenvalue weighted by molar-refractivity contribution is 5.80. The lowest BCUT2D eigenvalue weighted by Gasteiger charge is -2.10. The van der Waals surface area contributed by atoms with Crippen molar-refractivity contribution in [1.29, 1.82) is 0 Å². The summed E-state index contributed by atoms with van der Waals surface area (Å²) in [4.78, 5) is 42.0. The summed E-state index contributed by atoms with van der Waals surface area (Å²) in [5.41, 5.74) is -0.492. The van der Waals surface area contributed by atoms with Gasteiger partial charge in [-0.05, 0) is 35.9 Å². The van der Waals surface area contributed by atoms with Gasteiger partial charge in [-0.25, -0.2) is 4.39 Å². The second-order valence-corrected chi connectivity index (χ2v) is 5.14. The van der Waals surface area contributed by atoms with Crippen molar-refractivity contribution in [3.05, 3.63) is 74.8 Å². The molecule has 2 aromatic heterocycles. The summed E-state index contributed by atoms with van der Waals surface area (Å²) in [7, 11) is 0. The summed E-state index contributed by atoms with van der Waals surface area (Å²) in [5, 5.41) is 2.66. The van der Waals surface area contributed by atoms with Crippen LogP contribution < -0.4 is 16.4 Å². The van der Waals surface area contributed by atoms with Crippen LogP contribution in [0.2, 0.25) is 0 Å². The van der Waals surface area contributed by atoms with E-state index >= 15 is 0 Å². The number of pyridine rings is 1. The molecule has 0 saturated carbocycles. The fourth-order valence-electron chi connectivity index (χ4n) is 2.31. The molecule has 0 unspecified atom stereocenters. The Morgan fingerprint density at radius 2 is 1.96 bits per heavy atom. The first-order chi connectivity index (χ1) is 11.5. The second kappa shape index (κ2) is 6.45. The third kappa shape index (κ3) is 3.22. The first-order valence-electron chi connectivity index (χ1n) is 7.12. The lowest BCUT2D eigenvalue weighted by Crippen LogP contribution is -2.40. The number of carbonyl (C=O) groups excluding carboxylic acids is 1. The molecule has 0 saturated heterocycles. The Hall–Kier alpha value is -3.29. The van der Waals surface area contributed by atoms with Gasteiger partial charge in [0.05, 0.1) is 11.0 Å². The molecule has 0 radical (unpaired) electrons. The molecule has 0 aliphatic heterocycles. The van der Waals surface area contributed by atoms with E-state index in [1.807, 2.05) is 0 Å². The summed E-state index contributed by atoms with van der Waals surface area (Å²) in [5.74, 6) is -0.990. The molecule has 0 bridgehead atoms. The SMILES string of the molecule is O=C(Cn1c(=O)c(=O)[nH]c2cc(F)ccc21)NCc1ccncc1. The Morgan fingerprint density at radius 3 is 2.71 bits per heavy atom.